The van der Waals surface area contributed by atoms with Crippen molar-refractivity contribution in [3.05, 3.63) is 121 Å². The van der Waals surface area contributed by atoms with Gasteiger partial charge in [-0.3, -0.25) is 14.4 Å². The minimum Gasteiger partial charge on any atom is -0.464 e. The number of hydrogen-bond donors (Lipinski definition) is 0. The zero-order valence-electron chi connectivity index (χ0n) is 24.8. The molecule has 0 aliphatic carbocycles. The highest BCUT2D eigenvalue weighted by Gasteiger charge is 2.32. The quantitative estimate of drug-likeness (QED) is 0.203. The van der Waals surface area contributed by atoms with Crippen LogP contribution in [0.4, 0.5) is 0 Å². The van der Waals surface area contributed by atoms with Gasteiger partial charge in [0.15, 0.2) is 6.54 Å². The zero-order chi connectivity index (χ0) is 29.1. The van der Waals surface area contributed by atoms with E-state index in [1.165, 1.54) is 21.9 Å². The highest BCUT2D eigenvalue weighted by molar-refractivity contribution is 7.19. The van der Waals surface area contributed by atoms with Crippen LogP contribution >= 0.6 is 0 Å². The van der Waals surface area contributed by atoms with E-state index in [1.54, 1.807) is 0 Å². The number of guanidine groups is 1. The third-order valence-electron chi connectivity index (χ3n) is 7.77. The maximum atomic E-state index is 11.5. The molecule has 0 aromatic heterocycles. The molecule has 5 rings (SSSR count). The molecule has 5 nitrogen and oxygen atoms in total. The lowest BCUT2D eigenvalue weighted by Gasteiger charge is -2.44. The van der Waals surface area contributed by atoms with Crippen molar-refractivity contribution in [1.82, 2.24) is 9.80 Å². The molecule has 1 aliphatic heterocycles. The summed E-state index contributed by atoms with van der Waals surface area (Å²) >= 11 is 0. The van der Waals surface area contributed by atoms with Crippen molar-refractivity contribution < 1.29 is 14.1 Å². The van der Waals surface area contributed by atoms with Gasteiger partial charge in [-0.25, -0.2) is 4.79 Å². The van der Waals surface area contributed by atoms with Gasteiger partial charge in [0.05, 0.1) is 40.8 Å². The molecule has 0 saturated carbocycles. The summed E-state index contributed by atoms with van der Waals surface area (Å²) in [6.07, 6.45) is -0.139. The maximum absolute atomic E-state index is 11.5. The van der Waals surface area contributed by atoms with Crippen molar-refractivity contribution in [3.63, 3.8) is 0 Å². The molecule has 1 fully saturated rings. The SMILES string of the molecule is CCOC(=O)CN1CCCN(C)C1=[N+](C)C.c1ccc([B-](c2ccccc2)(c2ccccc2)c2ccccc2)cc1. The monoisotopic (exact) mass is 547 g/mol. The van der Waals surface area contributed by atoms with Crippen molar-refractivity contribution in [1.29, 1.82) is 0 Å². The van der Waals surface area contributed by atoms with E-state index in [0.29, 0.717) is 13.2 Å². The maximum Gasteiger partial charge on any atom is 0.350 e. The predicted octanol–water partition coefficient (Wildman–Crippen LogP) is 2.88. The topological polar surface area (TPSA) is 35.8 Å². The van der Waals surface area contributed by atoms with Crippen LogP contribution in [0.15, 0.2) is 121 Å². The summed E-state index contributed by atoms with van der Waals surface area (Å²) < 4.78 is 7.02. The normalized spacial score (nSPS) is 13.2. The summed E-state index contributed by atoms with van der Waals surface area (Å²) in [6.45, 7) is 4.56. The first kappa shape index (κ1) is 29.7. The van der Waals surface area contributed by atoms with Crippen molar-refractivity contribution in [2.75, 3.05) is 47.4 Å². The van der Waals surface area contributed by atoms with Crippen molar-refractivity contribution >= 4 is 39.9 Å². The van der Waals surface area contributed by atoms with Crippen LogP contribution < -0.4 is 21.9 Å². The fourth-order valence-electron chi connectivity index (χ4n) is 6.20. The number of ether oxygens (including phenoxy) is 1. The molecule has 212 valence electrons. The Morgan fingerprint density at radius 1 is 0.707 bits per heavy atom. The Balaban J connectivity index is 0.000000210. The molecule has 0 amide bonds. The molecular weight excluding hydrogens is 505 g/mol. The van der Waals surface area contributed by atoms with E-state index in [-0.39, 0.29) is 5.97 Å². The lowest BCUT2D eigenvalue weighted by atomic mass is 9.13. The Morgan fingerprint density at radius 2 is 1.10 bits per heavy atom. The number of benzene rings is 4. The van der Waals surface area contributed by atoms with Gasteiger partial charge in [-0.15, -0.1) is 0 Å². The van der Waals surface area contributed by atoms with Gasteiger partial charge in [0, 0.05) is 6.42 Å². The molecule has 0 N–H and O–H groups in total. The number of hydrogen-bond acceptors (Lipinski definition) is 2. The average Bonchev–Trinajstić information content (AvgIpc) is 3.00. The molecule has 0 unspecified atom stereocenters. The molecule has 4 aromatic rings. The number of carbonyl (C=O) groups excluding carboxylic acids is 1. The molecule has 4 aromatic carbocycles. The first-order valence-electron chi connectivity index (χ1n) is 14.5. The number of esters is 1. The van der Waals surface area contributed by atoms with Crippen LogP contribution in [-0.4, -0.2) is 79.8 Å². The van der Waals surface area contributed by atoms with Crippen molar-refractivity contribution in [2.24, 2.45) is 0 Å². The second kappa shape index (κ2) is 14.4. The molecule has 6 heteroatoms. The third kappa shape index (κ3) is 6.89. The molecule has 0 atom stereocenters. The van der Waals surface area contributed by atoms with Gasteiger partial charge in [-0.1, -0.05) is 121 Å². The summed E-state index contributed by atoms with van der Waals surface area (Å²) in [6, 6.07) is 43.5. The highest BCUT2D eigenvalue weighted by Crippen LogP contribution is 2.09. The van der Waals surface area contributed by atoms with Crippen LogP contribution in [0, 0.1) is 0 Å². The van der Waals surface area contributed by atoms with Crippen molar-refractivity contribution in [2.45, 2.75) is 13.3 Å². The summed E-state index contributed by atoms with van der Waals surface area (Å²) in [5.41, 5.74) is 5.36. The Hall–Kier alpha value is -4.32. The Labute approximate surface area is 245 Å². The van der Waals surface area contributed by atoms with Gasteiger partial charge in [-0.05, 0) is 6.92 Å². The van der Waals surface area contributed by atoms with Crippen molar-refractivity contribution in [3.8, 4) is 0 Å². The van der Waals surface area contributed by atoms with E-state index in [1.807, 2.05) is 32.6 Å². The minimum absolute atomic E-state index is 0.155. The van der Waals surface area contributed by atoms with E-state index in [2.05, 4.69) is 131 Å². The fraction of sp³-hybridized carbons (Fsp3) is 0.257. The Kier molecular flexibility index (Phi) is 10.4. The summed E-state index contributed by atoms with van der Waals surface area (Å²) in [5, 5.41) is 0. The number of rotatable bonds is 7. The van der Waals surface area contributed by atoms with Crippen LogP contribution in [0.3, 0.4) is 0 Å². The second-order valence-electron chi connectivity index (χ2n) is 10.7. The van der Waals surface area contributed by atoms with E-state index in [0.717, 1.165) is 25.5 Å². The summed E-state index contributed by atoms with van der Waals surface area (Å²) in [7, 11) is 6.04. The number of nitrogens with zero attached hydrogens (tertiary/aromatic N) is 3. The van der Waals surface area contributed by atoms with E-state index >= 15 is 0 Å². The lowest BCUT2D eigenvalue weighted by Crippen LogP contribution is -2.74. The van der Waals surface area contributed by atoms with Gasteiger partial charge in [-0.2, -0.15) is 21.9 Å². The molecule has 41 heavy (non-hydrogen) atoms. The van der Waals surface area contributed by atoms with Crippen LogP contribution in [0.1, 0.15) is 13.3 Å². The van der Waals surface area contributed by atoms with Crippen LogP contribution in [0.2, 0.25) is 0 Å². The molecule has 1 saturated heterocycles. The highest BCUT2D eigenvalue weighted by atomic mass is 16.5. The van der Waals surface area contributed by atoms with E-state index in [4.69, 9.17) is 4.74 Å². The third-order valence-corrected chi connectivity index (χ3v) is 7.77. The standard InChI is InChI=1S/C24H20B.C11H22N3O2/c1-5-13-21(14-6-1)25(22-15-7-2-8-16-22,23-17-9-3-10-18-23)24-19-11-4-12-20-24;1-5-16-10(15)9-14-8-6-7-13(4)11(14)12(2)3/h1-20H;5-9H2,1-4H3/q-1;+1. The van der Waals surface area contributed by atoms with Crippen LogP contribution in [0.5, 0.6) is 0 Å². The Morgan fingerprint density at radius 3 is 1.44 bits per heavy atom. The van der Waals surface area contributed by atoms with E-state index < -0.39 is 6.15 Å². The largest absolute Gasteiger partial charge is 0.464 e. The van der Waals surface area contributed by atoms with Gasteiger partial charge >= 0.3 is 11.9 Å². The van der Waals surface area contributed by atoms with Crippen LogP contribution in [0.25, 0.3) is 0 Å². The molecule has 0 bridgehead atoms. The fourth-order valence-corrected chi connectivity index (χ4v) is 6.20. The minimum atomic E-state index is -1.22. The zero-order valence-corrected chi connectivity index (χ0v) is 24.8. The first-order chi connectivity index (χ1) is 20.0. The van der Waals surface area contributed by atoms with E-state index in [9.17, 15) is 4.79 Å². The molecule has 1 heterocycles. The summed E-state index contributed by atoms with van der Waals surface area (Å²) in [5.74, 6) is 0.927. The molecular formula is C35H42BN3O2. The average molecular weight is 548 g/mol. The lowest BCUT2D eigenvalue weighted by molar-refractivity contribution is -0.476. The molecule has 0 radical (unpaired) electrons. The smallest absolute Gasteiger partial charge is 0.350 e. The van der Waals surface area contributed by atoms with Crippen LogP contribution in [-0.2, 0) is 9.53 Å². The van der Waals surface area contributed by atoms with Gasteiger partial charge in [0.1, 0.15) is 6.15 Å². The second-order valence-corrected chi connectivity index (χ2v) is 10.7. The Bertz CT molecular complexity index is 1230. The first-order valence-corrected chi connectivity index (χ1v) is 14.5. The van der Waals surface area contributed by atoms with Gasteiger partial charge in [0.2, 0.25) is 0 Å². The van der Waals surface area contributed by atoms with Gasteiger partial charge in [0.25, 0.3) is 0 Å². The molecule has 1 aliphatic rings. The summed E-state index contributed by atoms with van der Waals surface area (Å²) in [4.78, 5) is 15.7. The molecule has 0 spiro atoms. The van der Waals surface area contributed by atoms with Gasteiger partial charge < -0.3 is 4.74 Å². The number of carbonyl (C=O) groups is 1. The predicted molar refractivity (Wildman–Crippen MR) is 173 cm³/mol.